The molecule has 2 N–H and O–H groups in total. The molecule has 0 fully saturated rings. The average molecular weight is 386 g/mol. The Morgan fingerprint density at radius 1 is 0.931 bits per heavy atom. The fourth-order valence-electron chi connectivity index (χ4n) is 3.64. The maximum Gasteiger partial charge on any atom is 0.191 e. The van der Waals surface area contributed by atoms with Crippen molar-refractivity contribution >= 4 is 11.6 Å². The molecule has 1 aromatic heterocycles. The summed E-state index contributed by atoms with van der Waals surface area (Å²) in [6, 6.07) is 23.5. The smallest absolute Gasteiger partial charge is 0.191 e. The van der Waals surface area contributed by atoms with Gasteiger partial charge in [-0.3, -0.25) is 9.98 Å². The summed E-state index contributed by atoms with van der Waals surface area (Å²) in [6.07, 6.45) is 2.94. The summed E-state index contributed by atoms with van der Waals surface area (Å²) < 4.78 is 0. The van der Waals surface area contributed by atoms with Gasteiger partial charge in [-0.1, -0.05) is 48.5 Å². The minimum atomic E-state index is 0.650. The Morgan fingerprint density at radius 2 is 1.69 bits per heavy atom. The molecule has 1 aliphatic rings. The summed E-state index contributed by atoms with van der Waals surface area (Å²) in [5.74, 6) is 0.772. The molecule has 29 heavy (non-hydrogen) atoms. The number of para-hydroxylation sites is 1. The van der Waals surface area contributed by atoms with Crippen LogP contribution in [-0.4, -0.2) is 24.5 Å². The third-order valence-corrected chi connectivity index (χ3v) is 5.23. The van der Waals surface area contributed by atoms with Crippen LogP contribution >= 0.6 is 0 Å². The second-order valence-electron chi connectivity index (χ2n) is 7.22. The van der Waals surface area contributed by atoms with E-state index >= 15 is 0 Å². The van der Waals surface area contributed by atoms with Gasteiger partial charge in [-0.05, 0) is 41.3 Å². The van der Waals surface area contributed by atoms with E-state index in [1.165, 1.54) is 22.4 Å². The van der Waals surface area contributed by atoms with Crippen LogP contribution in [0.1, 0.15) is 22.4 Å². The van der Waals surface area contributed by atoms with Crippen LogP contribution in [0.25, 0.3) is 0 Å². The van der Waals surface area contributed by atoms with Crippen molar-refractivity contribution in [2.75, 3.05) is 18.5 Å². The molecule has 4 rings (SSSR count). The standard InChI is InChI=1S/C24H27N5/c1-25-24(28-17-22-7-4-5-14-26-22)27-16-19-9-11-20(12-10-19)18-29-15-13-21-6-2-3-8-23(21)29/h2-12,14H,13,15-18H2,1H3,(H2,25,27,28). The van der Waals surface area contributed by atoms with Crippen LogP contribution in [0.15, 0.2) is 77.9 Å². The first kappa shape index (κ1) is 19.0. The number of hydrogen-bond donors (Lipinski definition) is 2. The molecule has 2 heterocycles. The molecule has 0 radical (unpaired) electrons. The van der Waals surface area contributed by atoms with Crippen LogP contribution in [0, 0.1) is 0 Å². The van der Waals surface area contributed by atoms with Crippen LogP contribution < -0.4 is 15.5 Å². The van der Waals surface area contributed by atoms with Crippen molar-refractivity contribution < 1.29 is 0 Å². The molecule has 0 spiro atoms. The molecule has 3 aromatic rings. The Hall–Kier alpha value is -3.34. The molecule has 2 aromatic carbocycles. The summed E-state index contributed by atoms with van der Waals surface area (Å²) in [5, 5.41) is 6.66. The number of pyridine rings is 1. The lowest BCUT2D eigenvalue weighted by Crippen LogP contribution is -2.36. The summed E-state index contributed by atoms with van der Waals surface area (Å²) >= 11 is 0. The van der Waals surface area contributed by atoms with Crippen LogP contribution in [-0.2, 0) is 26.1 Å². The average Bonchev–Trinajstić information content (AvgIpc) is 3.18. The molecule has 5 nitrogen and oxygen atoms in total. The molecular formula is C24H27N5. The van der Waals surface area contributed by atoms with Crippen molar-refractivity contribution in [3.8, 4) is 0 Å². The zero-order valence-electron chi connectivity index (χ0n) is 16.8. The number of guanidine groups is 1. The maximum absolute atomic E-state index is 4.32. The number of rotatable bonds is 6. The molecule has 0 amide bonds. The van der Waals surface area contributed by atoms with Gasteiger partial charge in [0.15, 0.2) is 5.96 Å². The van der Waals surface area contributed by atoms with Gasteiger partial charge in [0, 0.05) is 38.6 Å². The van der Waals surface area contributed by atoms with Gasteiger partial charge in [0.05, 0.1) is 12.2 Å². The zero-order valence-corrected chi connectivity index (χ0v) is 16.8. The van der Waals surface area contributed by atoms with Gasteiger partial charge >= 0.3 is 0 Å². The van der Waals surface area contributed by atoms with E-state index in [1.54, 1.807) is 13.2 Å². The molecule has 1 aliphatic heterocycles. The highest BCUT2D eigenvalue weighted by Gasteiger charge is 2.18. The number of anilines is 1. The van der Waals surface area contributed by atoms with E-state index in [9.17, 15) is 0 Å². The molecule has 0 atom stereocenters. The second kappa shape index (κ2) is 9.24. The van der Waals surface area contributed by atoms with Gasteiger partial charge in [-0.25, -0.2) is 0 Å². The van der Waals surface area contributed by atoms with Crippen LogP contribution in [0.4, 0.5) is 5.69 Å². The quantitative estimate of drug-likeness (QED) is 0.504. The molecule has 0 unspecified atom stereocenters. The Balaban J connectivity index is 1.28. The summed E-state index contributed by atoms with van der Waals surface area (Å²) in [6.45, 7) is 3.43. The van der Waals surface area contributed by atoms with Gasteiger partial charge in [0.25, 0.3) is 0 Å². The lowest BCUT2D eigenvalue weighted by molar-refractivity contribution is 0.793. The Kier molecular flexibility index (Phi) is 6.05. The minimum absolute atomic E-state index is 0.650. The number of aromatic nitrogens is 1. The molecule has 5 heteroatoms. The first-order valence-electron chi connectivity index (χ1n) is 10.1. The van der Waals surface area contributed by atoms with E-state index in [0.29, 0.717) is 6.54 Å². The van der Waals surface area contributed by atoms with Crippen molar-refractivity contribution in [1.82, 2.24) is 15.6 Å². The van der Waals surface area contributed by atoms with Crippen LogP contribution in [0.5, 0.6) is 0 Å². The summed E-state index contributed by atoms with van der Waals surface area (Å²) in [4.78, 5) is 11.1. The van der Waals surface area contributed by atoms with E-state index in [0.717, 1.165) is 37.7 Å². The van der Waals surface area contributed by atoms with Gasteiger partial charge < -0.3 is 15.5 Å². The van der Waals surface area contributed by atoms with Gasteiger partial charge in [0.2, 0.25) is 0 Å². The van der Waals surface area contributed by atoms with Gasteiger partial charge in [-0.2, -0.15) is 0 Å². The van der Waals surface area contributed by atoms with Crippen molar-refractivity contribution in [2.24, 2.45) is 4.99 Å². The minimum Gasteiger partial charge on any atom is -0.367 e. The van der Waals surface area contributed by atoms with E-state index in [1.807, 2.05) is 18.2 Å². The number of nitrogens with zero attached hydrogens (tertiary/aromatic N) is 3. The van der Waals surface area contributed by atoms with Gasteiger partial charge in [-0.15, -0.1) is 0 Å². The fraction of sp³-hybridized carbons (Fsp3) is 0.250. The van der Waals surface area contributed by atoms with Crippen molar-refractivity contribution in [2.45, 2.75) is 26.1 Å². The Labute approximate surface area is 172 Å². The first-order valence-corrected chi connectivity index (χ1v) is 10.1. The highest BCUT2D eigenvalue weighted by molar-refractivity contribution is 5.79. The lowest BCUT2D eigenvalue weighted by atomic mass is 10.1. The van der Waals surface area contributed by atoms with Crippen molar-refractivity contribution in [3.63, 3.8) is 0 Å². The summed E-state index contributed by atoms with van der Waals surface area (Å²) in [7, 11) is 1.78. The normalized spacial score (nSPS) is 13.3. The predicted octanol–water partition coefficient (Wildman–Crippen LogP) is 3.51. The number of benzene rings is 2. The first-order chi connectivity index (χ1) is 14.3. The Bertz CT molecular complexity index is 951. The SMILES string of the molecule is CN=C(NCc1ccc(CN2CCc3ccccc32)cc1)NCc1ccccn1. The third-order valence-electron chi connectivity index (χ3n) is 5.23. The molecular weight excluding hydrogens is 358 g/mol. The number of aliphatic imine (C=N–C) groups is 1. The van der Waals surface area contributed by atoms with E-state index in [2.05, 4.69) is 74.0 Å². The monoisotopic (exact) mass is 385 g/mol. The third kappa shape index (κ3) is 4.93. The van der Waals surface area contributed by atoms with E-state index in [4.69, 9.17) is 0 Å². The van der Waals surface area contributed by atoms with E-state index in [-0.39, 0.29) is 0 Å². The number of hydrogen-bond acceptors (Lipinski definition) is 3. The van der Waals surface area contributed by atoms with Gasteiger partial charge in [0.1, 0.15) is 0 Å². The lowest BCUT2D eigenvalue weighted by Gasteiger charge is -2.19. The van der Waals surface area contributed by atoms with E-state index < -0.39 is 0 Å². The molecule has 0 saturated heterocycles. The van der Waals surface area contributed by atoms with Crippen LogP contribution in [0.3, 0.4) is 0 Å². The largest absolute Gasteiger partial charge is 0.367 e. The Morgan fingerprint density at radius 3 is 2.48 bits per heavy atom. The molecule has 0 bridgehead atoms. The maximum atomic E-state index is 4.32. The second-order valence-corrected chi connectivity index (χ2v) is 7.22. The van der Waals surface area contributed by atoms with Crippen LogP contribution in [0.2, 0.25) is 0 Å². The number of fused-ring (bicyclic) bond motifs is 1. The molecule has 0 saturated carbocycles. The van der Waals surface area contributed by atoms with Crippen molar-refractivity contribution in [1.29, 1.82) is 0 Å². The molecule has 0 aliphatic carbocycles. The van der Waals surface area contributed by atoms with Crippen molar-refractivity contribution in [3.05, 3.63) is 95.3 Å². The highest BCUT2D eigenvalue weighted by atomic mass is 15.2. The zero-order chi connectivity index (χ0) is 19.9. The number of nitrogens with one attached hydrogen (secondary N) is 2. The molecule has 148 valence electrons. The highest BCUT2D eigenvalue weighted by Crippen LogP contribution is 2.28. The summed E-state index contributed by atoms with van der Waals surface area (Å²) in [5.41, 5.74) is 6.39. The topological polar surface area (TPSA) is 52.6 Å². The fourth-order valence-corrected chi connectivity index (χ4v) is 3.64. The predicted molar refractivity (Wildman–Crippen MR) is 119 cm³/mol.